The third-order valence-corrected chi connectivity index (χ3v) is 6.80. The Kier molecular flexibility index (Phi) is 5.51. The fraction of sp³-hybridized carbons (Fsp3) is 0.308. The molecule has 0 N–H and O–H groups in total. The first-order valence-electron chi connectivity index (χ1n) is 11.0. The second kappa shape index (κ2) is 8.47. The summed E-state index contributed by atoms with van der Waals surface area (Å²) >= 11 is 6.07. The number of benzene rings is 2. The van der Waals surface area contributed by atoms with Gasteiger partial charge in [0.2, 0.25) is 0 Å². The lowest BCUT2D eigenvalue weighted by Gasteiger charge is -2.35. The topological polar surface area (TPSA) is 47.4 Å². The van der Waals surface area contributed by atoms with Crippen LogP contribution < -0.4 is 4.74 Å². The molecule has 2 saturated heterocycles. The van der Waals surface area contributed by atoms with E-state index in [1.54, 1.807) is 13.4 Å². The highest BCUT2D eigenvalue weighted by atomic mass is 35.5. The quantitative estimate of drug-likeness (QED) is 0.478. The van der Waals surface area contributed by atoms with Crippen LogP contribution in [0.5, 0.6) is 5.75 Å². The van der Waals surface area contributed by atoms with Crippen LogP contribution in [0.2, 0.25) is 5.02 Å². The molecule has 0 saturated carbocycles. The molecule has 2 atom stereocenters. The van der Waals surface area contributed by atoms with Crippen LogP contribution in [0.15, 0.2) is 60.6 Å². The van der Waals surface area contributed by atoms with Gasteiger partial charge in [-0.1, -0.05) is 29.8 Å². The molecular formula is C26H26ClN3O2. The third kappa shape index (κ3) is 3.82. The fourth-order valence-electron chi connectivity index (χ4n) is 4.97. The molecule has 32 heavy (non-hydrogen) atoms. The van der Waals surface area contributed by atoms with Crippen molar-refractivity contribution in [3.05, 3.63) is 82.4 Å². The number of piperidine rings is 1. The van der Waals surface area contributed by atoms with Crippen molar-refractivity contribution in [2.45, 2.75) is 44.7 Å². The molecule has 5 rings (SSSR count). The summed E-state index contributed by atoms with van der Waals surface area (Å²) in [6.07, 6.45) is 9.62. The van der Waals surface area contributed by atoms with E-state index in [4.69, 9.17) is 16.3 Å². The number of halogens is 1. The molecule has 0 radical (unpaired) electrons. The first-order valence-corrected chi connectivity index (χ1v) is 11.4. The first kappa shape index (κ1) is 20.8. The number of imidazole rings is 1. The van der Waals surface area contributed by atoms with E-state index in [2.05, 4.69) is 9.88 Å². The Hall–Kier alpha value is -3.05. The molecule has 3 aromatic rings. The Morgan fingerprint density at radius 2 is 1.94 bits per heavy atom. The summed E-state index contributed by atoms with van der Waals surface area (Å²) in [5.41, 5.74) is 4.85. The fourth-order valence-corrected chi connectivity index (χ4v) is 5.09. The third-order valence-electron chi connectivity index (χ3n) is 6.55. The van der Waals surface area contributed by atoms with Gasteiger partial charge >= 0.3 is 0 Å². The summed E-state index contributed by atoms with van der Waals surface area (Å²) in [5.74, 6) is 0.894. The van der Waals surface area contributed by atoms with E-state index in [9.17, 15) is 4.79 Å². The van der Waals surface area contributed by atoms with Crippen molar-refractivity contribution in [1.29, 1.82) is 0 Å². The van der Waals surface area contributed by atoms with Crippen molar-refractivity contribution in [2.75, 3.05) is 7.11 Å². The Bertz CT molecular complexity index is 1180. The Morgan fingerprint density at radius 3 is 2.66 bits per heavy atom. The second-order valence-corrected chi connectivity index (χ2v) is 9.01. The van der Waals surface area contributed by atoms with Gasteiger partial charge in [-0.2, -0.15) is 0 Å². The molecule has 3 heterocycles. The van der Waals surface area contributed by atoms with Crippen LogP contribution in [0.3, 0.4) is 0 Å². The highest BCUT2D eigenvalue weighted by molar-refractivity contribution is 6.30. The number of nitrogens with zero attached hydrogens (tertiary/aromatic N) is 3. The highest BCUT2D eigenvalue weighted by Gasteiger charge is 2.41. The Morgan fingerprint density at radius 1 is 1.12 bits per heavy atom. The number of carbonyl (C=O) groups is 1. The minimum atomic E-state index is 0.120. The monoisotopic (exact) mass is 447 g/mol. The van der Waals surface area contributed by atoms with Crippen molar-refractivity contribution in [2.24, 2.45) is 0 Å². The minimum Gasteiger partial charge on any atom is -0.495 e. The van der Waals surface area contributed by atoms with Crippen LogP contribution in [0.1, 0.15) is 48.5 Å². The largest absolute Gasteiger partial charge is 0.495 e. The average molecular weight is 448 g/mol. The van der Waals surface area contributed by atoms with Crippen LogP contribution in [0, 0.1) is 6.92 Å². The van der Waals surface area contributed by atoms with Crippen LogP contribution in [0.4, 0.5) is 0 Å². The molecule has 0 unspecified atom stereocenters. The second-order valence-electron chi connectivity index (χ2n) is 8.57. The van der Waals surface area contributed by atoms with Crippen molar-refractivity contribution < 1.29 is 9.53 Å². The number of ether oxygens (including phenoxy) is 1. The lowest BCUT2D eigenvalue weighted by Crippen LogP contribution is -2.41. The zero-order chi connectivity index (χ0) is 22.2. The van der Waals surface area contributed by atoms with Crippen LogP contribution in [0.25, 0.3) is 11.8 Å². The summed E-state index contributed by atoms with van der Waals surface area (Å²) in [7, 11) is 1.66. The van der Waals surface area contributed by atoms with Gasteiger partial charge in [-0.25, -0.2) is 4.98 Å². The first-order chi connectivity index (χ1) is 15.5. The van der Waals surface area contributed by atoms with E-state index >= 15 is 0 Å². The summed E-state index contributed by atoms with van der Waals surface area (Å²) in [5, 5.41) is 0.720. The SMILES string of the molecule is COc1cc(/C=C2\CC[C@@H]3CC[C@@H](c4ccc(Cl)cc4)N3C2=O)ccc1-n1cnc(C)c1. The van der Waals surface area contributed by atoms with Gasteiger partial charge in [-0.15, -0.1) is 0 Å². The molecular weight excluding hydrogens is 422 g/mol. The maximum Gasteiger partial charge on any atom is 0.250 e. The average Bonchev–Trinajstić information content (AvgIpc) is 3.43. The van der Waals surface area contributed by atoms with Crippen LogP contribution in [-0.4, -0.2) is 33.5 Å². The number of aryl methyl sites for hydroxylation is 1. The van der Waals surface area contributed by atoms with Gasteiger partial charge in [0.15, 0.2) is 0 Å². The number of rotatable bonds is 4. The van der Waals surface area contributed by atoms with Gasteiger partial charge in [0.1, 0.15) is 5.75 Å². The predicted molar refractivity (Wildman–Crippen MR) is 126 cm³/mol. The van der Waals surface area contributed by atoms with Gasteiger partial charge in [0.05, 0.1) is 30.9 Å². The van der Waals surface area contributed by atoms with E-state index < -0.39 is 0 Å². The van der Waals surface area contributed by atoms with E-state index in [0.29, 0.717) is 6.04 Å². The van der Waals surface area contributed by atoms with Gasteiger partial charge in [0, 0.05) is 22.8 Å². The molecule has 164 valence electrons. The lowest BCUT2D eigenvalue weighted by atomic mass is 9.95. The number of hydrogen-bond acceptors (Lipinski definition) is 3. The maximum absolute atomic E-state index is 13.5. The van der Waals surface area contributed by atoms with Crippen LogP contribution in [-0.2, 0) is 4.79 Å². The highest BCUT2D eigenvalue weighted by Crippen LogP contribution is 2.42. The molecule has 1 aromatic heterocycles. The zero-order valence-corrected chi connectivity index (χ0v) is 19.0. The number of amides is 1. The summed E-state index contributed by atoms with van der Waals surface area (Å²) in [6.45, 7) is 1.96. The summed E-state index contributed by atoms with van der Waals surface area (Å²) < 4.78 is 7.58. The van der Waals surface area contributed by atoms with Crippen molar-refractivity contribution in [1.82, 2.24) is 14.5 Å². The summed E-state index contributed by atoms with van der Waals surface area (Å²) in [4.78, 5) is 19.9. The van der Waals surface area contributed by atoms with E-state index in [-0.39, 0.29) is 11.9 Å². The van der Waals surface area contributed by atoms with E-state index in [1.165, 1.54) is 0 Å². The van der Waals surface area contributed by atoms with Crippen molar-refractivity contribution >= 4 is 23.6 Å². The Balaban J connectivity index is 1.43. The standard InChI is InChI=1S/C26H26ClN3O2/c1-17-15-29(16-28-17)24-11-3-18(14-25(24)32-2)13-20-6-9-22-10-12-23(30(22)26(20)31)19-4-7-21(27)8-5-19/h3-5,7-8,11,13-16,22-23H,6,9-10,12H2,1-2H3/b20-13+/t22-,23+/m1/s1. The molecule has 0 spiro atoms. The van der Waals surface area contributed by atoms with Crippen molar-refractivity contribution in [3.63, 3.8) is 0 Å². The normalized spacial score (nSPS) is 21.8. The number of carbonyl (C=O) groups excluding carboxylic acids is 1. The minimum absolute atomic E-state index is 0.120. The lowest BCUT2D eigenvalue weighted by molar-refractivity contribution is -0.131. The molecule has 0 bridgehead atoms. The number of aromatic nitrogens is 2. The van der Waals surface area contributed by atoms with Gasteiger partial charge < -0.3 is 14.2 Å². The van der Waals surface area contributed by atoms with Gasteiger partial charge in [-0.05, 0) is 74.1 Å². The van der Waals surface area contributed by atoms with Gasteiger partial charge in [-0.3, -0.25) is 4.79 Å². The Labute approximate surface area is 193 Å². The number of hydrogen-bond donors (Lipinski definition) is 0. The van der Waals surface area contributed by atoms with Crippen molar-refractivity contribution in [3.8, 4) is 11.4 Å². The van der Waals surface area contributed by atoms with Crippen LogP contribution >= 0.6 is 11.6 Å². The molecule has 1 amide bonds. The molecule has 0 aliphatic carbocycles. The smallest absolute Gasteiger partial charge is 0.250 e. The molecule has 2 aliphatic heterocycles. The zero-order valence-electron chi connectivity index (χ0n) is 18.3. The molecule has 6 heteroatoms. The van der Waals surface area contributed by atoms with E-state index in [0.717, 1.165) is 64.5 Å². The van der Waals surface area contributed by atoms with E-state index in [1.807, 2.05) is 66.2 Å². The maximum atomic E-state index is 13.5. The van der Waals surface area contributed by atoms with Gasteiger partial charge in [0.25, 0.3) is 5.91 Å². The predicted octanol–water partition coefficient (Wildman–Crippen LogP) is 5.75. The molecule has 2 fully saturated rings. The molecule has 2 aromatic carbocycles. The molecule has 5 nitrogen and oxygen atoms in total. The summed E-state index contributed by atoms with van der Waals surface area (Å²) in [6, 6.07) is 14.4. The number of methoxy groups -OCH3 is 1. The molecule has 2 aliphatic rings. The number of fused-ring (bicyclic) bond motifs is 1.